The molecule has 4 unspecified atom stereocenters. The maximum absolute atomic E-state index is 14.0. The molecule has 9 N–H and O–H groups in total. The van der Waals surface area contributed by atoms with Crippen LogP contribution < -0.4 is 21.7 Å². The number of hydrogen-bond donors (Lipinski definition) is 8. The number of amides is 3. The third kappa shape index (κ3) is 7.44. The maximum Gasteiger partial charge on any atom is 0.326 e. The summed E-state index contributed by atoms with van der Waals surface area (Å²) in [5.74, 6) is -3.43. The minimum Gasteiger partial charge on any atom is -0.480 e. The SMILES string of the molecule is CC(C)C(NC(=O)C(Cc1c[nH]c2ccccc12)NC(=O)C(Cc1c[nH]c2ccccc12)NC(=O)C(N)Cc1cnc[nH]1)C(=O)O. The van der Waals surface area contributed by atoms with Crippen LogP contribution in [0.2, 0.25) is 0 Å². The van der Waals surface area contributed by atoms with Crippen molar-refractivity contribution < 1.29 is 24.3 Å². The number of nitrogens with zero attached hydrogens (tertiary/aromatic N) is 1. The fraction of sp³-hybridized carbons (Fsp3) is 0.303. The predicted molar refractivity (Wildman–Crippen MR) is 173 cm³/mol. The summed E-state index contributed by atoms with van der Waals surface area (Å²) in [5.41, 5.74) is 10.1. The number of fused-ring (bicyclic) bond motifs is 2. The van der Waals surface area contributed by atoms with Gasteiger partial charge in [0.05, 0.1) is 12.4 Å². The van der Waals surface area contributed by atoms with E-state index < -0.39 is 53.8 Å². The molecule has 13 heteroatoms. The van der Waals surface area contributed by atoms with Crippen LogP contribution in [0.4, 0.5) is 0 Å². The summed E-state index contributed by atoms with van der Waals surface area (Å²) in [7, 11) is 0. The van der Waals surface area contributed by atoms with E-state index in [4.69, 9.17) is 5.73 Å². The number of carboxylic acid groups (broad SMARTS) is 1. The Labute approximate surface area is 264 Å². The van der Waals surface area contributed by atoms with Gasteiger partial charge in [0.1, 0.15) is 18.1 Å². The number of imidazole rings is 1. The van der Waals surface area contributed by atoms with Crippen LogP contribution in [0.1, 0.15) is 30.7 Å². The summed E-state index contributed by atoms with van der Waals surface area (Å²) < 4.78 is 0. The summed E-state index contributed by atoms with van der Waals surface area (Å²) in [5, 5.41) is 19.7. The number of carbonyl (C=O) groups is 4. The molecular formula is C33H38N8O5. The molecule has 0 fully saturated rings. The molecule has 46 heavy (non-hydrogen) atoms. The van der Waals surface area contributed by atoms with Crippen LogP contribution in [-0.2, 0) is 38.4 Å². The number of benzene rings is 2. The molecule has 3 heterocycles. The van der Waals surface area contributed by atoms with E-state index in [1.165, 1.54) is 6.33 Å². The van der Waals surface area contributed by atoms with E-state index in [2.05, 4.69) is 35.9 Å². The van der Waals surface area contributed by atoms with Crippen molar-refractivity contribution in [1.29, 1.82) is 0 Å². The Hall–Kier alpha value is -5.43. The van der Waals surface area contributed by atoms with Crippen molar-refractivity contribution in [3.63, 3.8) is 0 Å². The van der Waals surface area contributed by atoms with E-state index >= 15 is 0 Å². The van der Waals surface area contributed by atoms with Crippen molar-refractivity contribution in [2.24, 2.45) is 11.7 Å². The number of aromatic nitrogens is 4. The molecule has 0 aliphatic rings. The number of aromatic amines is 3. The van der Waals surface area contributed by atoms with Crippen molar-refractivity contribution in [3.05, 3.63) is 90.3 Å². The molecule has 240 valence electrons. The van der Waals surface area contributed by atoms with Gasteiger partial charge in [0.15, 0.2) is 0 Å². The lowest BCUT2D eigenvalue weighted by Gasteiger charge is -2.26. The van der Waals surface area contributed by atoms with E-state index in [1.807, 2.05) is 48.5 Å². The zero-order valence-corrected chi connectivity index (χ0v) is 25.5. The lowest BCUT2D eigenvalue weighted by atomic mass is 10.00. The Morgan fingerprint density at radius 3 is 1.78 bits per heavy atom. The number of nitrogens with two attached hydrogens (primary N) is 1. The molecule has 13 nitrogen and oxygen atoms in total. The molecule has 0 spiro atoms. The standard InChI is InChI=1S/C33H38N8O5/c1-18(2)29(33(45)46)41-32(44)28(12-20-15-37-26-10-6-4-8-23(20)26)40-31(43)27(11-19-14-36-25-9-5-3-7-22(19)25)39-30(42)24(34)13-21-16-35-17-38-21/h3-10,14-18,24,27-29,36-37H,11-13,34H2,1-2H3,(H,35,38)(H,39,42)(H,40,43)(H,41,44)(H,45,46). The summed E-state index contributed by atoms with van der Waals surface area (Å²) in [6, 6.07) is 10.7. The first kappa shape index (κ1) is 32.0. The number of nitrogens with one attached hydrogen (secondary N) is 6. The highest BCUT2D eigenvalue weighted by atomic mass is 16.4. The average Bonchev–Trinajstić information content (AvgIpc) is 3.79. The van der Waals surface area contributed by atoms with E-state index in [0.29, 0.717) is 5.69 Å². The van der Waals surface area contributed by atoms with Crippen LogP contribution in [0.5, 0.6) is 0 Å². The molecule has 5 aromatic rings. The molecule has 0 bridgehead atoms. The number of para-hydroxylation sites is 2. The number of H-pyrrole nitrogens is 3. The van der Waals surface area contributed by atoms with Gasteiger partial charge in [-0.1, -0.05) is 50.2 Å². The van der Waals surface area contributed by atoms with Gasteiger partial charge in [0.25, 0.3) is 0 Å². The second kappa shape index (κ2) is 14.1. The highest BCUT2D eigenvalue weighted by molar-refractivity contribution is 5.95. The third-order valence-corrected chi connectivity index (χ3v) is 8.03. The first-order valence-electron chi connectivity index (χ1n) is 15.1. The van der Waals surface area contributed by atoms with Gasteiger partial charge in [-0.15, -0.1) is 0 Å². The van der Waals surface area contributed by atoms with Gasteiger partial charge in [-0.2, -0.15) is 0 Å². The van der Waals surface area contributed by atoms with Crippen molar-refractivity contribution >= 4 is 45.5 Å². The molecule has 0 aliphatic carbocycles. The first-order valence-corrected chi connectivity index (χ1v) is 15.1. The molecule has 2 aromatic carbocycles. The summed E-state index contributed by atoms with van der Waals surface area (Å²) in [4.78, 5) is 66.1. The second-order valence-corrected chi connectivity index (χ2v) is 11.7. The quantitative estimate of drug-likeness (QED) is 0.0917. The number of hydrogen-bond acceptors (Lipinski definition) is 6. The van der Waals surface area contributed by atoms with E-state index in [-0.39, 0.29) is 19.3 Å². The Kier molecular flexibility index (Phi) is 9.82. The fourth-order valence-electron chi connectivity index (χ4n) is 5.50. The second-order valence-electron chi connectivity index (χ2n) is 11.7. The Bertz CT molecular complexity index is 1830. The van der Waals surface area contributed by atoms with Crippen molar-refractivity contribution in [2.75, 3.05) is 0 Å². The largest absolute Gasteiger partial charge is 0.480 e. The van der Waals surface area contributed by atoms with Crippen LogP contribution in [0.25, 0.3) is 21.8 Å². The van der Waals surface area contributed by atoms with Crippen LogP contribution in [0, 0.1) is 5.92 Å². The van der Waals surface area contributed by atoms with E-state index in [9.17, 15) is 24.3 Å². The van der Waals surface area contributed by atoms with Gasteiger partial charge in [-0.3, -0.25) is 14.4 Å². The van der Waals surface area contributed by atoms with E-state index in [1.54, 1.807) is 32.4 Å². The lowest BCUT2D eigenvalue weighted by Crippen LogP contribution is -2.58. The van der Waals surface area contributed by atoms with Crippen molar-refractivity contribution in [2.45, 2.75) is 57.3 Å². The molecule has 5 rings (SSSR count). The molecular weight excluding hydrogens is 588 g/mol. The molecule has 3 aromatic heterocycles. The van der Waals surface area contributed by atoms with Crippen LogP contribution in [0.15, 0.2) is 73.4 Å². The van der Waals surface area contributed by atoms with Crippen molar-refractivity contribution in [3.8, 4) is 0 Å². The van der Waals surface area contributed by atoms with Crippen LogP contribution >= 0.6 is 0 Å². The van der Waals surface area contributed by atoms with Gasteiger partial charge >= 0.3 is 5.97 Å². The van der Waals surface area contributed by atoms with Gasteiger partial charge < -0.3 is 41.7 Å². The predicted octanol–water partition coefficient (Wildman–Crippen LogP) is 1.92. The maximum atomic E-state index is 14.0. The van der Waals surface area contributed by atoms with Crippen LogP contribution in [0.3, 0.4) is 0 Å². The summed E-state index contributed by atoms with van der Waals surface area (Å²) in [6.45, 7) is 3.37. The monoisotopic (exact) mass is 626 g/mol. The smallest absolute Gasteiger partial charge is 0.326 e. The summed E-state index contributed by atoms with van der Waals surface area (Å²) in [6.07, 6.45) is 6.93. The number of carbonyl (C=O) groups excluding carboxylic acids is 3. The normalized spacial score (nSPS) is 14.1. The number of carboxylic acids is 1. The fourth-order valence-corrected chi connectivity index (χ4v) is 5.50. The zero-order valence-electron chi connectivity index (χ0n) is 25.5. The topological polar surface area (TPSA) is 211 Å². The molecule has 0 saturated heterocycles. The molecule has 0 radical (unpaired) electrons. The third-order valence-electron chi connectivity index (χ3n) is 8.03. The van der Waals surface area contributed by atoms with E-state index in [0.717, 1.165) is 32.9 Å². The molecule has 0 aliphatic heterocycles. The Morgan fingerprint density at radius 2 is 1.28 bits per heavy atom. The van der Waals surface area contributed by atoms with Crippen LogP contribution in [-0.4, -0.2) is 72.9 Å². The lowest BCUT2D eigenvalue weighted by molar-refractivity contribution is -0.143. The highest BCUT2D eigenvalue weighted by Gasteiger charge is 2.32. The first-order chi connectivity index (χ1) is 22.1. The number of rotatable bonds is 14. The minimum atomic E-state index is -1.18. The minimum absolute atomic E-state index is 0.0686. The van der Waals surface area contributed by atoms with Gasteiger partial charge in [0, 0.05) is 65.4 Å². The Balaban J connectivity index is 1.43. The zero-order chi connectivity index (χ0) is 32.8. The Morgan fingerprint density at radius 1 is 0.761 bits per heavy atom. The van der Waals surface area contributed by atoms with Gasteiger partial charge in [0.2, 0.25) is 17.7 Å². The number of aliphatic carboxylic acids is 1. The highest BCUT2D eigenvalue weighted by Crippen LogP contribution is 2.21. The van der Waals surface area contributed by atoms with Gasteiger partial charge in [-0.05, 0) is 29.2 Å². The van der Waals surface area contributed by atoms with Gasteiger partial charge in [-0.25, -0.2) is 9.78 Å². The molecule has 4 atom stereocenters. The average molecular weight is 627 g/mol. The molecule has 3 amide bonds. The molecule has 0 saturated carbocycles. The summed E-state index contributed by atoms with van der Waals surface area (Å²) >= 11 is 0. The van der Waals surface area contributed by atoms with Crippen molar-refractivity contribution in [1.82, 2.24) is 35.9 Å².